The highest BCUT2D eigenvalue weighted by atomic mass is 16.4. The maximum atomic E-state index is 12.5. The van der Waals surface area contributed by atoms with Gasteiger partial charge in [0.05, 0.1) is 6.10 Å². The van der Waals surface area contributed by atoms with Gasteiger partial charge in [-0.15, -0.1) is 0 Å². The van der Waals surface area contributed by atoms with Gasteiger partial charge in [-0.25, -0.2) is 4.79 Å². The average molecular weight is 334 g/mol. The van der Waals surface area contributed by atoms with Gasteiger partial charge in [-0.3, -0.25) is 4.79 Å². The summed E-state index contributed by atoms with van der Waals surface area (Å²) in [6.07, 6.45) is 1.23. The Kier molecular flexibility index (Phi) is 6.61. The van der Waals surface area contributed by atoms with Gasteiger partial charge < -0.3 is 20.4 Å². The second-order valence-electron chi connectivity index (χ2n) is 6.55. The summed E-state index contributed by atoms with van der Waals surface area (Å²) in [5, 5.41) is 21.7. The van der Waals surface area contributed by atoms with Crippen molar-refractivity contribution in [3.8, 4) is 0 Å². The number of urea groups is 1. The zero-order valence-electron chi connectivity index (χ0n) is 14.0. The lowest BCUT2D eigenvalue weighted by Gasteiger charge is -2.35. The van der Waals surface area contributed by atoms with Gasteiger partial charge in [0.25, 0.3) is 0 Å². The Morgan fingerprint density at radius 3 is 2.67 bits per heavy atom. The molecule has 0 radical (unpaired) electrons. The molecule has 1 heterocycles. The Balaban J connectivity index is 1.95. The molecule has 1 aliphatic heterocycles. The van der Waals surface area contributed by atoms with Crippen LogP contribution in [0.1, 0.15) is 31.7 Å². The average Bonchev–Trinajstić information content (AvgIpc) is 2.56. The molecular weight excluding hydrogens is 308 g/mol. The van der Waals surface area contributed by atoms with Crippen LogP contribution >= 0.6 is 0 Å². The number of hydrogen-bond acceptors (Lipinski definition) is 3. The fourth-order valence-corrected chi connectivity index (χ4v) is 3.01. The third-order valence-corrected chi connectivity index (χ3v) is 4.51. The molecule has 0 bridgehead atoms. The van der Waals surface area contributed by atoms with Gasteiger partial charge in [0.2, 0.25) is 0 Å². The first-order chi connectivity index (χ1) is 11.5. The Morgan fingerprint density at radius 1 is 1.33 bits per heavy atom. The minimum Gasteiger partial charge on any atom is -0.481 e. The highest BCUT2D eigenvalue weighted by Gasteiger charge is 2.28. The first-order valence-electron chi connectivity index (χ1n) is 8.45. The molecule has 1 aliphatic rings. The van der Waals surface area contributed by atoms with Crippen molar-refractivity contribution in [2.24, 2.45) is 5.92 Å². The number of carbonyl (C=O) groups is 2. The number of carbonyl (C=O) groups excluding carboxylic acids is 1. The number of benzene rings is 1. The minimum absolute atomic E-state index is 0.0207. The second kappa shape index (κ2) is 8.68. The normalized spacial score (nSPS) is 22.0. The Morgan fingerprint density at radius 2 is 2.04 bits per heavy atom. The minimum atomic E-state index is -0.864. The van der Waals surface area contributed by atoms with Gasteiger partial charge in [0.15, 0.2) is 0 Å². The molecule has 1 saturated heterocycles. The lowest BCUT2D eigenvalue weighted by molar-refractivity contribution is -0.137. The van der Waals surface area contributed by atoms with Crippen molar-refractivity contribution in [1.29, 1.82) is 0 Å². The predicted octanol–water partition coefficient (Wildman–Crippen LogP) is 1.87. The maximum Gasteiger partial charge on any atom is 0.317 e. The van der Waals surface area contributed by atoms with Crippen molar-refractivity contribution in [2.45, 2.75) is 44.8 Å². The molecule has 2 amide bonds. The standard InChI is InChI=1S/C18H26N2O4/c1-13-12-20(10-9-16(13)21)18(24)19-15(7-8-17(22)23)11-14-5-3-2-4-6-14/h2-6,13,15-16,21H,7-12H2,1H3,(H,19,24)(H,22,23). The first kappa shape index (κ1) is 18.3. The molecule has 0 aromatic heterocycles. The van der Waals surface area contributed by atoms with Crippen LogP contribution in [0.5, 0.6) is 0 Å². The number of carboxylic acids is 1. The number of nitrogens with one attached hydrogen (secondary N) is 1. The zero-order valence-corrected chi connectivity index (χ0v) is 14.0. The number of hydrogen-bond donors (Lipinski definition) is 3. The number of rotatable bonds is 6. The van der Waals surface area contributed by atoms with Crippen LogP contribution in [0.4, 0.5) is 4.79 Å². The van der Waals surface area contributed by atoms with Crippen LogP contribution in [0.25, 0.3) is 0 Å². The molecule has 1 fully saturated rings. The summed E-state index contributed by atoms with van der Waals surface area (Å²) in [4.78, 5) is 25.1. The molecule has 3 N–H and O–H groups in total. The zero-order chi connectivity index (χ0) is 17.5. The molecule has 132 valence electrons. The van der Waals surface area contributed by atoms with Crippen LogP contribution in [0.15, 0.2) is 30.3 Å². The number of likely N-dealkylation sites (tertiary alicyclic amines) is 1. The lowest BCUT2D eigenvalue weighted by atomic mass is 9.97. The monoisotopic (exact) mass is 334 g/mol. The van der Waals surface area contributed by atoms with Crippen LogP contribution in [0.2, 0.25) is 0 Å². The van der Waals surface area contributed by atoms with Gasteiger partial charge in [0.1, 0.15) is 0 Å². The van der Waals surface area contributed by atoms with E-state index in [-0.39, 0.29) is 30.5 Å². The van der Waals surface area contributed by atoms with E-state index in [4.69, 9.17) is 5.11 Å². The van der Waals surface area contributed by atoms with Crippen LogP contribution in [-0.4, -0.2) is 52.3 Å². The molecule has 2 rings (SSSR count). The van der Waals surface area contributed by atoms with Crippen LogP contribution in [-0.2, 0) is 11.2 Å². The number of nitrogens with zero attached hydrogens (tertiary/aromatic N) is 1. The van der Waals surface area contributed by atoms with Crippen molar-refractivity contribution in [3.05, 3.63) is 35.9 Å². The fourth-order valence-electron chi connectivity index (χ4n) is 3.01. The van der Waals surface area contributed by atoms with Gasteiger partial charge in [0, 0.05) is 25.6 Å². The summed E-state index contributed by atoms with van der Waals surface area (Å²) in [5.74, 6) is -0.812. The highest BCUT2D eigenvalue weighted by Crippen LogP contribution is 2.17. The molecule has 3 unspecified atom stereocenters. The van der Waals surface area contributed by atoms with E-state index in [1.165, 1.54) is 0 Å². The number of carboxylic acid groups (broad SMARTS) is 1. The number of aliphatic hydroxyl groups excluding tert-OH is 1. The van der Waals surface area contributed by atoms with Gasteiger partial charge >= 0.3 is 12.0 Å². The summed E-state index contributed by atoms with van der Waals surface area (Å²) < 4.78 is 0. The third-order valence-electron chi connectivity index (χ3n) is 4.51. The van der Waals surface area contributed by atoms with E-state index in [0.29, 0.717) is 32.4 Å². The SMILES string of the molecule is CC1CN(C(=O)NC(CCC(=O)O)Cc2ccccc2)CCC1O. The molecule has 6 heteroatoms. The van der Waals surface area contributed by atoms with Crippen LogP contribution < -0.4 is 5.32 Å². The summed E-state index contributed by atoms with van der Waals surface area (Å²) >= 11 is 0. The fraction of sp³-hybridized carbons (Fsp3) is 0.556. The summed E-state index contributed by atoms with van der Waals surface area (Å²) in [6, 6.07) is 9.32. The van der Waals surface area contributed by atoms with Crippen molar-refractivity contribution < 1.29 is 19.8 Å². The highest BCUT2D eigenvalue weighted by molar-refractivity contribution is 5.75. The number of aliphatic hydroxyl groups is 1. The summed E-state index contributed by atoms with van der Waals surface area (Å²) in [6.45, 7) is 2.97. The smallest absolute Gasteiger partial charge is 0.317 e. The summed E-state index contributed by atoms with van der Waals surface area (Å²) in [5.41, 5.74) is 1.07. The lowest BCUT2D eigenvalue weighted by Crippen LogP contribution is -2.51. The predicted molar refractivity (Wildman–Crippen MR) is 90.7 cm³/mol. The number of aliphatic carboxylic acids is 1. The van der Waals surface area contributed by atoms with Gasteiger partial charge in [-0.2, -0.15) is 0 Å². The van der Waals surface area contributed by atoms with Crippen LogP contribution in [0.3, 0.4) is 0 Å². The van der Waals surface area contributed by atoms with Crippen molar-refractivity contribution in [2.75, 3.05) is 13.1 Å². The molecule has 6 nitrogen and oxygen atoms in total. The summed E-state index contributed by atoms with van der Waals surface area (Å²) in [7, 11) is 0. The van der Waals surface area contributed by atoms with E-state index in [1.807, 2.05) is 37.3 Å². The Labute approximate surface area is 142 Å². The quantitative estimate of drug-likeness (QED) is 0.741. The Hall–Kier alpha value is -2.08. The van der Waals surface area contributed by atoms with E-state index >= 15 is 0 Å². The van der Waals surface area contributed by atoms with Crippen molar-refractivity contribution in [3.63, 3.8) is 0 Å². The van der Waals surface area contributed by atoms with E-state index < -0.39 is 5.97 Å². The third kappa shape index (κ3) is 5.53. The van der Waals surface area contributed by atoms with Gasteiger partial charge in [-0.1, -0.05) is 37.3 Å². The Bertz CT molecular complexity index is 549. The van der Waals surface area contributed by atoms with Crippen molar-refractivity contribution in [1.82, 2.24) is 10.2 Å². The van der Waals surface area contributed by atoms with E-state index in [9.17, 15) is 14.7 Å². The maximum absolute atomic E-state index is 12.5. The molecule has 1 aromatic rings. The van der Waals surface area contributed by atoms with Crippen LogP contribution in [0, 0.1) is 5.92 Å². The van der Waals surface area contributed by atoms with E-state index in [0.717, 1.165) is 5.56 Å². The molecule has 0 spiro atoms. The van der Waals surface area contributed by atoms with Crippen molar-refractivity contribution >= 4 is 12.0 Å². The van der Waals surface area contributed by atoms with Gasteiger partial charge in [-0.05, 0) is 30.7 Å². The molecule has 3 atom stereocenters. The molecular formula is C18H26N2O4. The molecule has 1 aromatic carbocycles. The van der Waals surface area contributed by atoms with E-state index in [2.05, 4.69) is 5.32 Å². The van der Waals surface area contributed by atoms with E-state index in [1.54, 1.807) is 4.90 Å². The largest absolute Gasteiger partial charge is 0.481 e. The second-order valence-corrected chi connectivity index (χ2v) is 6.55. The number of piperidine rings is 1. The molecule has 0 saturated carbocycles. The number of amides is 2. The molecule has 24 heavy (non-hydrogen) atoms. The topological polar surface area (TPSA) is 89.9 Å². The molecule has 0 aliphatic carbocycles. The first-order valence-corrected chi connectivity index (χ1v) is 8.45.